The summed E-state index contributed by atoms with van der Waals surface area (Å²) in [5, 5.41) is 7.88. The van der Waals surface area contributed by atoms with Crippen molar-refractivity contribution >= 4 is 34.6 Å². The number of nitrogens with one attached hydrogen (secondary N) is 2. The Kier molecular flexibility index (Phi) is 7.12. The number of likely N-dealkylation sites (tertiary alicyclic amines) is 1. The normalized spacial score (nSPS) is 21.9. The first-order valence-corrected chi connectivity index (χ1v) is 9.26. The zero-order chi connectivity index (χ0) is 16.8. The highest BCUT2D eigenvalue weighted by Crippen LogP contribution is 2.21. The summed E-state index contributed by atoms with van der Waals surface area (Å²) >= 11 is 11.5. The van der Waals surface area contributed by atoms with Crippen LogP contribution in [0.1, 0.15) is 32.3 Å². The summed E-state index contributed by atoms with van der Waals surface area (Å²) in [6.07, 6.45) is 2.47. The van der Waals surface area contributed by atoms with Gasteiger partial charge in [0, 0.05) is 30.3 Å². The van der Waals surface area contributed by atoms with Gasteiger partial charge in [-0.2, -0.15) is 0 Å². The van der Waals surface area contributed by atoms with Crippen LogP contribution in [0, 0.1) is 18.8 Å². The van der Waals surface area contributed by atoms with E-state index >= 15 is 0 Å². The molecule has 1 heterocycles. The van der Waals surface area contributed by atoms with Gasteiger partial charge in [0.25, 0.3) is 0 Å². The third kappa shape index (κ3) is 6.28. The number of halogens is 1. The quantitative estimate of drug-likeness (QED) is 0.609. The van der Waals surface area contributed by atoms with Crippen LogP contribution in [0.25, 0.3) is 0 Å². The average molecular weight is 354 g/mol. The number of piperidine rings is 1. The van der Waals surface area contributed by atoms with E-state index < -0.39 is 0 Å². The van der Waals surface area contributed by atoms with Gasteiger partial charge < -0.3 is 15.5 Å². The number of hydrogen-bond donors (Lipinski definition) is 2. The summed E-state index contributed by atoms with van der Waals surface area (Å²) in [6.45, 7) is 11.2. The smallest absolute Gasteiger partial charge is 0.170 e. The molecule has 2 N–H and O–H groups in total. The molecule has 23 heavy (non-hydrogen) atoms. The molecule has 2 atom stereocenters. The number of anilines is 1. The SMILES string of the molecule is Cc1ccc(NC(=S)NCCCN2C[C@H](C)C[C@H](C)C2)cc1Cl. The van der Waals surface area contributed by atoms with E-state index in [0.717, 1.165) is 47.6 Å². The molecule has 0 bridgehead atoms. The van der Waals surface area contributed by atoms with Crippen LogP contribution >= 0.6 is 23.8 Å². The van der Waals surface area contributed by atoms with E-state index in [2.05, 4.69) is 29.4 Å². The standard InChI is InChI=1S/C18H28ClN3S/c1-13-9-14(2)12-22(11-13)8-4-7-20-18(23)21-16-6-5-15(3)17(19)10-16/h5-6,10,13-14H,4,7-9,11-12H2,1-3H3,(H2,20,21,23)/t13-,14+. The van der Waals surface area contributed by atoms with Crippen LogP contribution in [0.3, 0.4) is 0 Å². The summed E-state index contributed by atoms with van der Waals surface area (Å²) in [4.78, 5) is 2.58. The molecule has 1 aliphatic rings. The van der Waals surface area contributed by atoms with Crippen molar-refractivity contribution in [2.45, 2.75) is 33.6 Å². The minimum Gasteiger partial charge on any atom is -0.362 e. The summed E-state index contributed by atoms with van der Waals surface area (Å²) in [5.74, 6) is 1.64. The summed E-state index contributed by atoms with van der Waals surface area (Å²) in [5.41, 5.74) is 2.00. The molecule has 0 amide bonds. The van der Waals surface area contributed by atoms with Crippen LogP contribution in [-0.2, 0) is 0 Å². The van der Waals surface area contributed by atoms with Crippen molar-refractivity contribution in [3.8, 4) is 0 Å². The predicted molar refractivity (Wildman–Crippen MR) is 104 cm³/mol. The van der Waals surface area contributed by atoms with Gasteiger partial charge in [0.15, 0.2) is 5.11 Å². The van der Waals surface area contributed by atoms with Gasteiger partial charge in [0.05, 0.1) is 0 Å². The van der Waals surface area contributed by atoms with Gasteiger partial charge in [-0.25, -0.2) is 0 Å². The van der Waals surface area contributed by atoms with Crippen molar-refractivity contribution in [3.63, 3.8) is 0 Å². The minimum atomic E-state index is 0.658. The lowest BCUT2D eigenvalue weighted by atomic mass is 9.92. The lowest BCUT2D eigenvalue weighted by Gasteiger charge is -2.35. The molecular weight excluding hydrogens is 326 g/mol. The maximum Gasteiger partial charge on any atom is 0.170 e. The van der Waals surface area contributed by atoms with Crippen molar-refractivity contribution in [2.24, 2.45) is 11.8 Å². The van der Waals surface area contributed by atoms with E-state index in [1.807, 2.05) is 25.1 Å². The zero-order valence-electron chi connectivity index (χ0n) is 14.4. The van der Waals surface area contributed by atoms with Crippen LogP contribution in [0.4, 0.5) is 5.69 Å². The van der Waals surface area contributed by atoms with E-state index in [0.29, 0.717) is 5.11 Å². The molecule has 128 valence electrons. The molecule has 5 heteroatoms. The third-order valence-electron chi connectivity index (χ3n) is 4.31. The molecule has 0 radical (unpaired) electrons. The minimum absolute atomic E-state index is 0.658. The van der Waals surface area contributed by atoms with E-state index in [1.165, 1.54) is 19.5 Å². The Morgan fingerprint density at radius 2 is 2.00 bits per heavy atom. The Labute approximate surface area is 150 Å². The largest absolute Gasteiger partial charge is 0.362 e. The van der Waals surface area contributed by atoms with E-state index in [4.69, 9.17) is 23.8 Å². The lowest BCUT2D eigenvalue weighted by Crippen LogP contribution is -2.40. The van der Waals surface area contributed by atoms with Crippen LogP contribution in [-0.4, -0.2) is 36.2 Å². The third-order valence-corrected chi connectivity index (χ3v) is 4.96. The van der Waals surface area contributed by atoms with Crippen molar-refractivity contribution in [3.05, 3.63) is 28.8 Å². The van der Waals surface area contributed by atoms with Gasteiger partial charge >= 0.3 is 0 Å². The maximum absolute atomic E-state index is 6.12. The molecule has 0 unspecified atom stereocenters. The second kappa shape index (κ2) is 8.86. The number of benzene rings is 1. The second-order valence-electron chi connectivity index (χ2n) is 6.90. The topological polar surface area (TPSA) is 27.3 Å². The average Bonchev–Trinajstić information content (AvgIpc) is 2.46. The fourth-order valence-corrected chi connectivity index (χ4v) is 3.73. The van der Waals surface area contributed by atoms with Gasteiger partial charge in [-0.05, 0) is 68.1 Å². The molecule has 1 fully saturated rings. The second-order valence-corrected chi connectivity index (χ2v) is 7.72. The number of hydrogen-bond acceptors (Lipinski definition) is 2. The van der Waals surface area contributed by atoms with Crippen LogP contribution < -0.4 is 10.6 Å². The molecule has 1 saturated heterocycles. The fraction of sp³-hybridized carbons (Fsp3) is 0.611. The Morgan fingerprint density at radius 3 is 2.65 bits per heavy atom. The fourth-order valence-electron chi connectivity index (χ4n) is 3.33. The highest BCUT2D eigenvalue weighted by atomic mass is 35.5. The number of rotatable bonds is 5. The molecule has 3 nitrogen and oxygen atoms in total. The van der Waals surface area contributed by atoms with Gasteiger partial charge in [-0.3, -0.25) is 0 Å². The Balaban J connectivity index is 1.65. The summed E-state index contributed by atoms with van der Waals surface area (Å²) in [7, 11) is 0. The van der Waals surface area contributed by atoms with E-state index in [1.54, 1.807) is 0 Å². The van der Waals surface area contributed by atoms with Gasteiger partial charge in [-0.15, -0.1) is 0 Å². The predicted octanol–water partition coefficient (Wildman–Crippen LogP) is 4.30. The van der Waals surface area contributed by atoms with E-state index in [-0.39, 0.29) is 0 Å². The van der Waals surface area contributed by atoms with Crippen LogP contribution in [0.15, 0.2) is 18.2 Å². The first kappa shape index (κ1) is 18.5. The Hall–Kier alpha value is -0.840. The van der Waals surface area contributed by atoms with Gasteiger partial charge in [-0.1, -0.05) is 31.5 Å². The number of aryl methyl sites for hydroxylation is 1. The molecule has 0 saturated carbocycles. The van der Waals surface area contributed by atoms with E-state index in [9.17, 15) is 0 Å². The summed E-state index contributed by atoms with van der Waals surface area (Å²) < 4.78 is 0. The van der Waals surface area contributed by atoms with Crippen molar-refractivity contribution in [2.75, 3.05) is 31.5 Å². The first-order valence-electron chi connectivity index (χ1n) is 8.47. The molecule has 1 aromatic rings. The van der Waals surface area contributed by atoms with Crippen molar-refractivity contribution < 1.29 is 0 Å². The molecule has 0 aliphatic carbocycles. The number of nitrogens with zero attached hydrogens (tertiary/aromatic N) is 1. The molecule has 2 rings (SSSR count). The van der Waals surface area contributed by atoms with Gasteiger partial charge in [0.1, 0.15) is 0 Å². The summed E-state index contributed by atoms with van der Waals surface area (Å²) in [6, 6.07) is 5.89. The van der Waals surface area contributed by atoms with Gasteiger partial charge in [0.2, 0.25) is 0 Å². The maximum atomic E-state index is 6.12. The molecule has 0 aromatic heterocycles. The van der Waals surface area contributed by atoms with Crippen molar-refractivity contribution in [1.82, 2.24) is 10.2 Å². The Bertz CT molecular complexity index is 525. The highest BCUT2D eigenvalue weighted by molar-refractivity contribution is 7.80. The first-order chi connectivity index (χ1) is 10.9. The van der Waals surface area contributed by atoms with Crippen LogP contribution in [0.5, 0.6) is 0 Å². The van der Waals surface area contributed by atoms with Crippen molar-refractivity contribution in [1.29, 1.82) is 0 Å². The lowest BCUT2D eigenvalue weighted by molar-refractivity contribution is 0.140. The van der Waals surface area contributed by atoms with Crippen LogP contribution in [0.2, 0.25) is 5.02 Å². The molecular formula is C18H28ClN3S. The monoisotopic (exact) mass is 353 g/mol. The molecule has 1 aromatic carbocycles. The number of thiocarbonyl (C=S) groups is 1. The highest BCUT2D eigenvalue weighted by Gasteiger charge is 2.20. The Morgan fingerprint density at radius 1 is 1.30 bits per heavy atom. The molecule has 1 aliphatic heterocycles. The zero-order valence-corrected chi connectivity index (χ0v) is 15.9. The molecule has 0 spiro atoms.